The highest BCUT2D eigenvalue weighted by Gasteiger charge is 2.62. The average molecular weight is 774 g/mol. The van der Waals surface area contributed by atoms with Crippen molar-refractivity contribution in [2.24, 2.45) is 0 Å². The summed E-state index contributed by atoms with van der Waals surface area (Å²) in [5, 5.41) is 0. The SMILES string of the molecule is CCOc1ccc2c(c1)C1=C(SC(C(=O)OC)=C(C(=O)OC)C13SC(C(=O)OC)=C(C(=O)OC)S3)C(C)(C)N2C(=O)c1ccccc1-c1ccccc1. The Hall–Kier alpha value is -4.92. The summed E-state index contributed by atoms with van der Waals surface area (Å²) in [6.07, 6.45) is 0. The first-order valence-electron chi connectivity index (χ1n) is 16.3. The molecule has 0 N–H and O–H groups in total. The topological polar surface area (TPSA) is 135 Å². The van der Waals surface area contributed by atoms with Crippen LogP contribution in [0.1, 0.15) is 36.7 Å². The molecule has 0 saturated carbocycles. The Bertz CT molecular complexity index is 2130. The van der Waals surface area contributed by atoms with E-state index in [0.717, 1.165) is 40.8 Å². The van der Waals surface area contributed by atoms with Crippen molar-refractivity contribution in [3.05, 3.63) is 109 Å². The predicted octanol–water partition coefficient (Wildman–Crippen LogP) is 6.98. The van der Waals surface area contributed by atoms with Gasteiger partial charge < -0.3 is 23.7 Å². The van der Waals surface area contributed by atoms with Crippen LogP contribution in [0.15, 0.2) is 98.0 Å². The second kappa shape index (κ2) is 14.8. The molecule has 3 aliphatic rings. The number of anilines is 1. The number of hydrogen-bond acceptors (Lipinski definition) is 13. The summed E-state index contributed by atoms with van der Waals surface area (Å²) in [5.41, 5.74) is 1.97. The zero-order chi connectivity index (χ0) is 38.2. The van der Waals surface area contributed by atoms with E-state index in [4.69, 9.17) is 23.7 Å². The largest absolute Gasteiger partial charge is 0.494 e. The standard InChI is InChI=1S/C39H35NO10S3/c1-8-50-22-18-19-26-25(20-22)27-32(38(2,3)40(26)33(41)24-17-13-12-16-23(24)21-14-10-9-11-15-21)51-29(35(43)47-5)28(34(42)46-4)39(27)52-30(36(44)48-6)31(53-39)37(45)49-7/h9-20H,8H2,1-7H3. The molecule has 1 amide bonds. The normalized spacial score (nSPS) is 16.8. The van der Waals surface area contributed by atoms with Crippen molar-refractivity contribution < 1.29 is 47.7 Å². The van der Waals surface area contributed by atoms with Gasteiger partial charge in [-0.1, -0.05) is 83.8 Å². The number of esters is 4. The number of thioether (sulfide) groups is 3. The minimum atomic E-state index is -1.72. The Kier molecular flexibility index (Phi) is 10.6. The second-order valence-corrected chi connectivity index (χ2v) is 15.9. The molecule has 3 heterocycles. The summed E-state index contributed by atoms with van der Waals surface area (Å²) >= 11 is 2.69. The van der Waals surface area contributed by atoms with Crippen LogP contribution in [-0.2, 0) is 38.1 Å². The van der Waals surface area contributed by atoms with E-state index in [1.807, 2.05) is 63.2 Å². The summed E-state index contributed by atoms with van der Waals surface area (Å²) in [6.45, 7) is 5.83. The van der Waals surface area contributed by atoms with Gasteiger partial charge in [-0.05, 0) is 56.2 Å². The maximum absolute atomic E-state index is 15.2. The maximum atomic E-state index is 15.2. The van der Waals surface area contributed by atoms with Crippen molar-refractivity contribution in [2.75, 3.05) is 39.9 Å². The summed E-state index contributed by atoms with van der Waals surface area (Å²) in [6, 6.07) is 22.1. The van der Waals surface area contributed by atoms with Crippen molar-refractivity contribution in [3.63, 3.8) is 0 Å². The van der Waals surface area contributed by atoms with Crippen LogP contribution >= 0.6 is 35.3 Å². The van der Waals surface area contributed by atoms with Gasteiger partial charge in [0.05, 0.1) is 51.8 Å². The number of carbonyl (C=O) groups excluding carboxylic acids is 5. The number of nitrogens with zero attached hydrogens (tertiary/aromatic N) is 1. The monoisotopic (exact) mass is 773 g/mol. The van der Waals surface area contributed by atoms with Gasteiger partial charge in [0.15, 0.2) is 0 Å². The van der Waals surface area contributed by atoms with Gasteiger partial charge in [-0.2, -0.15) is 0 Å². The van der Waals surface area contributed by atoms with E-state index >= 15 is 4.79 Å². The third-order valence-electron chi connectivity index (χ3n) is 8.87. The van der Waals surface area contributed by atoms with E-state index in [1.165, 1.54) is 28.4 Å². The molecule has 0 radical (unpaired) electrons. The lowest BCUT2D eigenvalue weighted by Gasteiger charge is -2.50. The number of rotatable bonds is 8. The van der Waals surface area contributed by atoms with Crippen LogP contribution in [0.4, 0.5) is 5.69 Å². The Morgan fingerprint density at radius 2 is 1.25 bits per heavy atom. The lowest BCUT2D eigenvalue weighted by Crippen LogP contribution is -2.54. The third-order valence-corrected chi connectivity index (χ3v) is 13.5. The molecule has 3 aromatic carbocycles. The average Bonchev–Trinajstić information content (AvgIpc) is 3.57. The smallest absolute Gasteiger partial charge is 0.345 e. The highest BCUT2D eigenvalue weighted by Crippen LogP contribution is 2.71. The number of benzene rings is 3. The van der Waals surface area contributed by atoms with Crippen molar-refractivity contribution in [1.29, 1.82) is 0 Å². The van der Waals surface area contributed by atoms with E-state index in [0.29, 0.717) is 45.2 Å². The molecule has 0 bridgehead atoms. The van der Waals surface area contributed by atoms with Crippen LogP contribution in [-0.4, -0.2) is 74.4 Å². The lowest BCUT2D eigenvalue weighted by molar-refractivity contribution is -0.138. The van der Waals surface area contributed by atoms with Crippen LogP contribution in [0, 0.1) is 0 Å². The van der Waals surface area contributed by atoms with Gasteiger partial charge >= 0.3 is 23.9 Å². The minimum absolute atomic E-state index is 0.135. The first kappa shape index (κ1) is 37.8. The Morgan fingerprint density at radius 1 is 0.679 bits per heavy atom. The fourth-order valence-corrected chi connectivity index (χ4v) is 11.6. The number of fused-ring (bicyclic) bond motifs is 3. The zero-order valence-electron chi connectivity index (χ0n) is 29.9. The molecule has 0 aliphatic carbocycles. The van der Waals surface area contributed by atoms with Crippen LogP contribution in [0.3, 0.4) is 0 Å². The van der Waals surface area contributed by atoms with E-state index < -0.39 is 33.5 Å². The maximum Gasteiger partial charge on any atom is 0.345 e. The van der Waals surface area contributed by atoms with Crippen LogP contribution < -0.4 is 9.64 Å². The van der Waals surface area contributed by atoms with E-state index in [1.54, 1.807) is 35.2 Å². The number of methoxy groups -OCH3 is 4. The highest BCUT2D eigenvalue weighted by molar-refractivity contribution is 8.26. The fraction of sp³-hybridized carbons (Fsp3) is 0.256. The molecular formula is C39H35NO10S3. The third kappa shape index (κ3) is 6.21. The van der Waals surface area contributed by atoms with Crippen molar-refractivity contribution in [1.82, 2.24) is 0 Å². The second-order valence-electron chi connectivity index (χ2n) is 12.2. The van der Waals surface area contributed by atoms with Crippen LogP contribution in [0.2, 0.25) is 0 Å². The molecular weight excluding hydrogens is 739 g/mol. The van der Waals surface area contributed by atoms with Gasteiger partial charge in [-0.3, -0.25) is 9.69 Å². The van der Waals surface area contributed by atoms with E-state index in [9.17, 15) is 19.2 Å². The highest BCUT2D eigenvalue weighted by atomic mass is 32.2. The number of hydrogen-bond donors (Lipinski definition) is 0. The quantitative estimate of drug-likeness (QED) is 0.172. The van der Waals surface area contributed by atoms with Crippen molar-refractivity contribution in [3.8, 4) is 16.9 Å². The molecule has 3 aromatic rings. The summed E-state index contributed by atoms with van der Waals surface area (Å²) < 4.78 is 24.9. The predicted molar refractivity (Wildman–Crippen MR) is 205 cm³/mol. The first-order chi connectivity index (χ1) is 25.4. The van der Waals surface area contributed by atoms with Crippen LogP contribution in [0.5, 0.6) is 5.75 Å². The number of carbonyl (C=O) groups is 5. The molecule has 6 rings (SSSR count). The molecule has 53 heavy (non-hydrogen) atoms. The molecule has 0 unspecified atom stereocenters. The Labute approximate surface area is 319 Å². The van der Waals surface area contributed by atoms with Crippen molar-refractivity contribution >= 4 is 76.3 Å². The van der Waals surface area contributed by atoms with Crippen LogP contribution in [0.25, 0.3) is 16.7 Å². The van der Waals surface area contributed by atoms with Crippen molar-refractivity contribution in [2.45, 2.75) is 30.4 Å². The van der Waals surface area contributed by atoms with Gasteiger partial charge in [-0.15, -0.1) is 0 Å². The van der Waals surface area contributed by atoms with Gasteiger partial charge in [0, 0.05) is 21.6 Å². The van der Waals surface area contributed by atoms with Gasteiger partial charge in [0.1, 0.15) is 24.5 Å². The fourth-order valence-electron chi connectivity index (χ4n) is 6.58. The molecule has 1 spiro atoms. The minimum Gasteiger partial charge on any atom is -0.494 e. The molecule has 11 nitrogen and oxygen atoms in total. The molecule has 0 saturated heterocycles. The molecule has 0 aromatic heterocycles. The van der Waals surface area contributed by atoms with E-state index in [-0.39, 0.29) is 26.2 Å². The van der Waals surface area contributed by atoms with E-state index in [2.05, 4.69) is 0 Å². The van der Waals surface area contributed by atoms with Gasteiger partial charge in [-0.25, -0.2) is 19.2 Å². The molecule has 3 aliphatic heterocycles. The summed E-state index contributed by atoms with van der Waals surface area (Å²) in [5.74, 6) is -3.33. The number of amides is 1. The molecule has 14 heteroatoms. The first-order valence-corrected chi connectivity index (χ1v) is 18.7. The van der Waals surface area contributed by atoms with Gasteiger partial charge in [0.2, 0.25) is 0 Å². The summed E-state index contributed by atoms with van der Waals surface area (Å²) in [4.78, 5) is 71.4. The number of ether oxygens (including phenoxy) is 5. The molecule has 0 atom stereocenters. The van der Waals surface area contributed by atoms with Gasteiger partial charge in [0.25, 0.3) is 5.91 Å². The zero-order valence-corrected chi connectivity index (χ0v) is 32.3. The molecule has 0 fully saturated rings. The lowest BCUT2D eigenvalue weighted by atomic mass is 9.82. The Balaban J connectivity index is 1.69. The summed E-state index contributed by atoms with van der Waals surface area (Å²) in [7, 11) is 4.69. The molecule has 274 valence electrons. The Morgan fingerprint density at radius 3 is 1.83 bits per heavy atom.